The van der Waals surface area contributed by atoms with Crippen LogP contribution in [0.5, 0.6) is 5.75 Å². The molecule has 0 atom stereocenters. The van der Waals surface area contributed by atoms with Crippen LogP contribution in [0, 0.1) is 0 Å². The first-order valence-corrected chi connectivity index (χ1v) is 8.29. The maximum atomic E-state index is 12.3. The van der Waals surface area contributed by atoms with Crippen molar-refractivity contribution in [1.82, 2.24) is 5.43 Å². The minimum Gasteiger partial charge on any atom is -0.508 e. The number of rotatable bonds is 5. The Labute approximate surface area is 146 Å². The van der Waals surface area contributed by atoms with Crippen LogP contribution in [-0.4, -0.2) is 16.7 Å². The molecule has 2 N–H and O–H groups in total. The molecule has 0 aliphatic heterocycles. The summed E-state index contributed by atoms with van der Waals surface area (Å²) in [6, 6.07) is 20.8. The predicted octanol–water partition coefficient (Wildman–Crippen LogP) is 4.02. The average Bonchev–Trinajstić information content (AvgIpc) is 2.64. The lowest BCUT2D eigenvalue weighted by Gasteiger charge is -2.07. The number of nitrogens with one attached hydrogen (secondary N) is 1. The van der Waals surface area contributed by atoms with E-state index in [0.29, 0.717) is 6.42 Å². The van der Waals surface area contributed by atoms with Crippen molar-refractivity contribution in [2.45, 2.75) is 19.8 Å². The molecule has 1 amide bonds. The lowest BCUT2D eigenvalue weighted by molar-refractivity contribution is -0.120. The van der Waals surface area contributed by atoms with E-state index in [1.165, 1.54) is 0 Å². The molecule has 0 saturated heterocycles. The van der Waals surface area contributed by atoms with Crippen LogP contribution in [0.3, 0.4) is 0 Å². The topological polar surface area (TPSA) is 61.7 Å². The third kappa shape index (κ3) is 4.04. The summed E-state index contributed by atoms with van der Waals surface area (Å²) < 4.78 is 0. The Hall–Kier alpha value is -3.14. The van der Waals surface area contributed by atoms with E-state index in [-0.39, 0.29) is 18.1 Å². The first-order chi connectivity index (χ1) is 12.2. The van der Waals surface area contributed by atoms with Crippen molar-refractivity contribution in [3.05, 3.63) is 77.9 Å². The number of phenolic OH excluding ortho intramolecular Hbond substituents is 1. The molecule has 0 spiro atoms. The van der Waals surface area contributed by atoms with Gasteiger partial charge >= 0.3 is 0 Å². The maximum absolute atomic E-state index is 12.3. The van der Waals surface area contributed by atoms with E-state index in [4.69, 9.17) is 0 Å². The number of nitrogens with zero attached hydrogens (tertiary/aromatic N) is 1. The van der Waals surface area contributed by atoms with E-state index in [1.807, 2.05) is 49.4 Å². The second-order valence-electron chi connectivity index (χ2n) is 5.81. The largest absolute Gasteiger partial charge is 0.508 e. The molecule has 0 unspecified atom stereocenters. The monoisotopic (exact) mass is 332 g/mol. The number of hydrazone groups is 1. The maximum Gasteiger partial charge on any atom is 0.244 e. The molecular weight excluding hydrogens is 312 g/mol. The van der Waals surface area contributed by atoms with Crippen molar-refractivity contribution in [1.29, 1.82) is 0 Å². The SMILES string of the molecule is CCC(=NNC(=O)Cc1cccc2ccccc12)c1ccc(O)cc1. The zero-order valence-corrected chi connectivity index (χ0v) is 14.1. The first-order valence-electron chi connectivity index (χ1n) is 8.29. The van der Waals surface area contributed by atoms with Crippen LogP contribution in [0.15, 0.2) is 71.8 Å². The van der Waals surface area contributed by atoms with E-state index in [1.54, 1.807) is 24.3 Å². The smallest absolute Gasteiger partial charge is 0.244 e. The van der Waals surface area contributed by atoms with Crippen LogP contribution in [0.2, 0.25) is 0 Å². The van der Waals surface area contributed by atoms with Crippen molar-refractivity contribution in [3.63, 3.8) is 0 Å². The van der Waals surface area contributed by atoms with Gasteiger partial charge in [-0.25, -0.2) is 5.43 Å². The van der Waals surface area contributed by atoms with Gasteiger partial charge in [0.15, 0.2) is 0 Å². The van der Waals surface area contributed by atoms with Crippen molar-refractivity contribution >= 4 is 22.4 Å². The van der Waals surface area contributed by atoms with Gasteiger partial charge < -0.3 is 5.11 Å². The molecule has 0 saturated carbocycles. The van der Waals surface area contributed by atoms with Crippen LogP contribution in [0.25, 0.3) is 10.8 Å². The Morgan fingerprint density at radius 1 is 1.00 bits per heavy atom. The standard InChI is InChI=1S/C21H20N2O2/c1-2-20(16-10-12-18(24)13-11-16)22-23-21(25)14-17-8-5-7-15-6-3-4-9-19(15)17/h3-13,24H,2,14H2,1H3,(H,23,25). The number of amides is 1. The Balaban J connectivity index is 1.74. The van der Waals surface area contributed by atoms with Gasteiger partial charge in [0.2, 0.25) is 5.91 Å². The molecule has 126 valence electrons. The summed E-state index contributed by atoms with van der Waals surface area (Å²) in [6.45, 7) is 1.97. The van der Waals surface area contributed by atoms with Crippen LogP contribution in [-0.2, 0) is 11.2 Å². The number of hydrogen-bond acceptors (Lipinski definition) is 3. The molecule has 4 nitrogen and oxygen atoms in total. The van der Waals surface area contributed by atoms with Crippen molar-refractivity contribution in [2.75, 3.05) is 0 Å². The van der Waals surface area contributed by atoms with Crippen molar-refractivity contribution in [2.24, 2.45) is 5.10 Å². The van der Waals surface area contributed by atoms with Gasteiger partial charge in [-0.05, 0) is 52.6 Å². The molecule has 3 rings (SSSR count). The van der Waals surface area contributed by atoms with Gasteiger partial charge in [0.05, 0.1) is 12.1 Å². The average molecular weight is 332 g/mol. The van der Waals surface area contributed by atoms with Crippen molar-refractivity contribution in [3.8, 4) is 5.75 Å². The van der Waals surface area contributed by atoms with Gasteiger partial charge in [-0.2, -0.15) is 5.10 Å². The van der Waals surface area contributed by atoms with E-state index in [9.17, 15) is 9.90 Å². The zero-order valence-electron chi connectivity index (χ0n) is 14.1. The molecule has 0 radical (unpaired) electrons. The lowest BCUT2D eigenvalue weighted by atomic mass is 10.0. The Morgan fingerprint density at radius 3 is 2.48 bits per heavy atom. The summed E-state index contributed by atoms with van der Waals surface area (Å²) in [6.07, 6.45) is 0.955. The first kappa shape index (κ1) is 16.7. The van der Waals surface area contributed by atoms with Crippen LogP contribution < -0.4 is 5.43 Å². The third-order valence-corrected chi connectivity index (χ3v) is 4.08. The molecule has 0 aliphatic carbocycles. The van der Waals surface area contributed by atoms with Gasteiger partial charge in [-0.3, -0.25) is 4.79 Å². The second kappa shape index (κ2) is 7.62. The summed E-state index contributed by atoms with van der Waals surface area (Å²) in [5.74, 6) is 0.0558. The Kier molecular flexibility index (Phi) is 5.09. The fourth-order valence-electron chi connectivity index (χ4n) is 2.79. The summed E-state index contributed by atoms with van der Waals surface area (Å²) in [5.41, 5.74) is 5.28. The molecule has 4 heteroatoms. The fraction of sp³-hybridized carbons (Fsp3) is 0.143. The Bertz CT molecular complexity index is 909. The summed E-state index contributed by atoms with van der Waals surface area (Å²) in [7, 11) is 0. The van der Waals surface area contributed by atoms with Gasteiger partial charge in [-0.1, -0.05) is 49.4 Å². The quantitative estimate of drug-likeness (QED) is 0.547. The summed E-state index contributed by atoms with van der Waals surface area (Å²) in [4.78, 5) is 12.3. The minimum atomic E-state index is -0.152. The number of carbonyl (C=O) groups excluding carboxylic acids is 1. The zero-order chi connectivity index (χ0) is 17.6. The van der Waals surface area contributed by atoms with E-state index in [2.05, 4.69) is 10.5 Å². The lowest BCUT2D eigenvalue weighted by Crippen LogP contribution is -2.22. The molecule has 0 aromatic heterocycles. The molecule has 3 aromatic rings. The number of hydrogen-bond donors (Lipinski definition) is 2. The number of benzene rings is 3. The van der Waals surface area contributed by atoms with Crippen LogP contribution in [0.4, 0.5) is 0 Å². The molecule has 0 fully saturated rings. The number of fused-ring (bicyclic) bond motifs is 1. The van der Waals surface area contributed by atoms with Crippen molar-refractivity contribution < 1.29 is 9.90 Å². The second-order valence-corrected chi connectivity index (χ2v) is 5.81. The van der Waals surface area contributed by atoms with Gasteiger partial charge in [0.1, 0.15) is 5.75 Å². The van der Waals surface area contributed by atoms with Crippen LogP contribution in [0.1, 0.15) is 24.5 Å². The number of aromatic hydroxyl groups is 1. The molecule has 0 aliphatic rings. The van der Waals surface area contributed by atoms with E-state index >= 15 is 0 Å². The fourth-order valence-corrected chi connectivity index (χ4v) is 2.79. The summed E-state index contributed by atoms with van der Waals surface area (Å²) in [5, 5.41) is 15.8. The van der Waals surface area contributed by atoms with E-state index in [0.717, 1.165) is 27.6 Å². The highest BCUT2D eigenvalue weighted by atomic mass is 16.3. The normalized spacial score (nSPS) is 11.5. The summed E-state index contributed by atoms with van der Waals surface area (Å²) >= 11 is 0. The molecule has 25 heavy (non-hydrogen) atoms. The van der Waals surface area contributed by atoms with Gasteiger partial charge in [0, 0.05) is 0 Å². The highest BCUT2D eigenvalue weighted by Crippen LogP contribution is 2.19. The third-order valence-electron chi connectivity index (χ3n) is 4.08. The molecular formula is C21H20N2O2. The molecule has 0 heterocycles. The number of carbonyl (C=O) groups is 1. The van der Waals surface area contributed by atoms with Gasteiger partial charge in [-0.15, -0.1) is 0 Å². The minimum absolute atomic E-state index is 0.152. The number of phenols is 1. The molecule has 3 aromatic carbocycles. The molecule has 0 bridgehead atoms. The van der Waals surface area contributed by atoms with Crippen LogP contribution >= 0.6 is 0 Å². The highest BCUT2D eigenvalue weighted by molar-refractivity contribution is 6.01. The Morgan fingerprint density at radius 2 is 1.72 bits per heavy atom. The highest BCUT2D eigenvalue weighted by Gasteiger charge is 2.07. The van der Waals surface area contributed by atoms with E-state index < -0.39 is 0 Å². The predicted molar refractivity (Wildman–Crippen MR) is 101 cm³/mol. The van der Waals surface area contributed by atoms with Gasteiger partial charge in [0.25, 0.3) is 0 Å².